The Morgan fingerprint density at radius 3 is 2.88 bits per heavy atom. The van der Waals surface area contributed by atoms with Gasteiger partial charge in [0.25, 0.3) is 0 Å². The number of benzene rings is 2. The smallest absolute Gasteiger partial charge is 0.408 e. The quantitative estimate of drug-likeness (QED) is 0.590. The van der Waals surface area contributed by atoms with Gasteiger partial charge in [-0.3, -0.25) is 9.78 Å². The van der Waals surface area contributed by atoms with Crippen molar-refractivity contribution >= 4 is 33.5 Å². The number of nitrogens with zero attached hydrogens (tertiary/aromatic N) is 1. The summed E-state index contributed by atoms with van der Waals surface area (Å²) in [4.78, 5) is 30.4. The Hall–Kier alpha value is -3.19. The molecule has 0 spiro atoms. The number of rotatable bonds is 4. The molecule has 2 heterocycles. The van der Waals surface area contributed by atoms with Gasteiger partial charge in [-0.05, 0) is 17.7 Å². The standard InChI is InChI=1S/C18H13N3O3S/c22-16(8-11-4-2-1-3-5-11)21-17-19-14(10-25-17)12-6-7-13-15(9-12)24-18(23)20-13/h1-7,9-10H,8H2,(H,20,23)(H,19,21,22). The number of nitrogens with one attached hydrogen (secondary N) is 2. The first-order valence-electron chi connectivity index (χ1n) is 7.60. The number of fused-ring (bicyclic) bond motifs is 1. The number of aromatic nitrogens is 2. The van der Waals surface area contributed by atoms with Crippen LogP contribution in [-0.4, -0.2) is 15.9 Å². The van der Waals surface area contributed by atoms with E-state index in [9.17, 15) is 9.59 Å². The predicted molar refractivity (Wildman–Crippen MR) is 96.7 cm³/mol. The van der Waals surface area contributed by atoms with Gasteiger partial charge >= 0.3 is 5.76 Å². The van der Waals surface area contributed by atoms with Crippen molar-refractivity contribution in [3.63, 3.8) is 0 Å². The molecule has 0 radical (unpaired) electrons. The third kappa shape index (κ3) is 3.36. The summed E-state index contributed by atoms with van der Waals surface area (Å²) in [7, 11) is 0. The van der Waals surface area contributed by atoms with Crippen LogP contribution in [0.2, 0.25) is 0 Å². The van der Waals surface area contributed by atoms with Crippen LogP contribution in [-0.2, 0) is 11.2 Å². The van der Waals surface area contributed by atoms with Gasteiger partial charge in [-0.2, -0.15) is 0 Å². The minimum atomic E-state index is -0.487. The van der Waals surface area contributed by atoms with Crippen LogP contribution in [0.25, 0.3) is 22.4 Å². The molecule has 0 fully saturated rings. The van der Waals surface area contributed by atoms with Crippen molar-refractivity contribution in [3.8, 4) is 11.3 Å². The van der Waals surface area contributed by atoms with E-state index >= 15 is 0 Å². The van der Waals surface area contributed by atoms with E-state index in [0.29, 0.717) is 28.3 Å². The Morgan fingerprint density at radius 1 is 1.20 bits per heavy atom. The van der Waals surface area contributed by atoms with Gasteiger partial charge in [0.05, 0.1) is 17.6 Å². The summed E-state index contributed by atoms with van der Waals surface area (Å²) in [5.74, 6) is -0.599. The number of H-pyrrole nitrogens is 1. The minimum Gasteiger partial charge on any atom is -0.408 e. The van der Waals surface area contributed by atoms with Gasteiger partial charge in [-0.1, -0.05) is 36.4 Å². The molecule has 25 heavy (non-hydrogen) atoms. The summed E-state index contributed by atoms with van der Waals surface area (Å²) in [5.41, 5.74) is 3.59. The number of thiazole rings is 1. The van der Waals surface area contributed by atoms with Crippen LogP contribution in [0.15, 0.2) is 63.1 Å². The van der Waals surface area contributed by atoms with E-state index in [-0.39, 0.29) is 5.91 Å². The van der Waals surface area contributed by atoms with Crippen LogP contribution in [0, 0.1) is 0 Å². The maximum absolute atomic E-state index is 12.1. The minimum absolute atomic E-state index is 0.112. The fourth-order valence-corrected chi connectivity index (χ4v) is 3.25. The summed E-state index contributed by atoms with van der Waals surface area (Å²) < 4.78 is 5.06. The van der Waals surface area contributed by atoms with Crippen molar-refractivity contribution in [2.24, 2.45) is 0 Å². The number of oxazole rings is 1. The van der Waals surface area contributed by atoms with Gasteiger partial charge in [-0.15, -0.1) is 11.3 Å². The SMILES string of the molecule is O=C(Cc1ccccc1)Nc1nc(-c2ccc3[nH]c(=O)oc3c2)cs1. The van der Waals surface area contributed by atoms with Crippen molar-refractivity contribution in [1.82, 2.24) is 9.97 Å². The largest absolute Gasteiger partial charge is 0.417 e. The fraction of sp³-hybridized carbons (Fsp3) is 0.0556. The van der Waals surface area contributed by atoms with E-state index < -0.39 is 5.76 Å². The number of carbonyl (C=O) groups excluding carboxylic acids is 1. The Morgan fingerprint density at radius 2 is 2.04 bits per heavy atom. The molecule has 1 amide bonds. The molecule has 0 aliphatic carbocycles. The lowest BCUT2D eigenvalue weighted by molar-refractivity contribution is -0.115. The maximum Gasteiger partial charge on any atom is 0.417 e. The molecule has 0 saturated carbocycles. The maximum atomic E-state index is 12.1. The van der Waals surface area contributed by atoms with Crippen LogP contribution in [0.3, 0.4) is 0 Å². The lowest BCUT2D eigenvalue weighted by Crippen LogP contribution is -2.14. The van der Waals surface area contributed by atoms with Crippen molar-refractivity contribution < 1.29 is 9.21 Å². The molecule has 6 nitrogen and oxygen atoms in total. The van der Waals surface area contributed by atoms with Crippen LogP contribution in [0.5, 0.6) is 0 Å². The zero-order valence-corrected chi connectivity index (χ0v) is 13.8. The van der Waals surface area contributed by atoms with E-state index in [1.807, 2.05) is 41.8 Å². The third-order valence-corrected chi connectivity index (χ3v) is 4.43. The lowest BCUT2D eigenvalue weighted by atomic mass is 10.1. The van der Waals surface area contributed by atoms with Gasteiger partial charge in [-0.25, -0.2) is 9.78 Å². The van der Waals surface area contributed by atoms with E-state index in [4.69, 9.17) is 4.42 Å². The van der Waals surface area contributed by atoms with Crippen molar-refractivity contribution in [3.05, 3.63) is 70.0 Å². The molecule has 2 aromatic heterocycles. The van der Waals surface area contributed by atoms with Gasteiger partial charge < -0.3 is 9.73 Å². The van der Waals surface area contributed by atoms with E-state index in [1.165, 1.54) is 11.3 Å². The summed E-state index contributed by atoms with van der Waals surface area (Å²) in [6.07, 6.45) is 0.302. The normalized spacial score (nSPS) is 10.9. The van der Waals surface area contributed by atoms with Crippen LogP contribution in [0.1, 0.15) is 5.56 Å². The highest BCUT2D eigenvalue weighted by Gasteiger charge is 2.10. The topological polar surface area (TPSA) is 88.0 Å². The molecule has 0 aliphatic heterocycles. The molecule has 4 rings (SSSR count). The molecule has 4 aromatic rings. The van der Waals surface area contributed by atoms with Crippen molar-refractivity contribution in [2.45, 2.75) is 6.42 Å². The molecule has 2 aromatic carbocycles. The number of amides is 1. The first-order chi connectivity index (χ1) is 12.2. The summed E-state index contributed by atoms with van der Waals surface area (Å²) in [5, 5.41) is 5.20. The van der Waals surface area contributed by atoms with E-state index in [2.05, 4.69) is 15.3 Å². The number of carbonyl (C=O) groups is 1. The average molecular weight is 351 g/mol. The van der Waals surface area contributed by atoms with Gasteiger partial charge in [0.1, 0.15) is 0 Å². The monoisotopic (exact) mass is 351 g/mol. The highest BCUT2D eigenvalue weighted by molar-refractivity contribution is 7.14. The molecule has 0 atom stereocenters. The van der Waals surface area contributed by atoms with Gasteiger partial charge in [0.2, 0.25) is 5.91 Å². The number of hydrogen-bond acceptors (Lipinski definition) is 5. The van der Waals surface area contributed by atoms with Crippen LogP contribution in [0.4, 0.5) is 5.13 Å². The highest BCUT2D eigenvalue weighted by atomic mass is 32.1. The summed E-state index contributed by atoms with van der Waals surface area (Å²) in [6.45, 7) is 0. The highest BCUT2D eigenvalue weighted by Crippen LogP contribution is 2.27. The second kappa shape index (κ2) is 6.37. The molecule has 124 valence electrons. The Bertz CT molecular complexity index is 1100. The van der Waals surface area contributed by atoms with E-state index in [1.54, 1.807) is 12.1 Å². The molecule has 2 N–H and O–H groups in total. The first kappa shape index (κ1) is 15.3. The molecule has 7 heteroatoms. The Labute approximate surface area is 146 Å². The molecular weight excluding hydrogens is 338 g/mol. The Balaban J connectivity index is 1.51. The van der Waals surface area contributed by atoms with Crippen molar-refractivity contribution in [2.75, 3.05) is 5.32 Å². The third-order valence-electron chi connectivity index (χ3n) is 3.67. The molecule has 0 unspecified atom stereocenters. The zero-order valence-electron chi connectivity index (χ0n) is 13.0. The summed E-state index contributed by atoms with van der Waals surface area (Å²) in [6, 6.07) is 14.9. The van der Waals surface area contributed by atoms with E-state index in [0.717, 1.165) is 11.1 Å². The molecule has 0 aliphatic rings. The number of aromatic amines is 1. The first-order valence-corrected chi connectivity index (χ1v) is 8.48. The Kier molecular flexibility index (Phi) is 3.91. The van der Waals surface area contributed by atoms with Crippen molar-refractivity contribution in [1.29, 1.82) is 0 Å². The lowest BCUT2D eigenvalue weighted by Gasteiger charge is -2.01. The van der Waals surface area contributed by atoms with Crippen LogP contribution >= 0.6 is 11.3 Å². The fourth-order valence-electron chi connectivity index (χ4n) is 2.51. The van der Waals surface area contributed by atoms with Gasteiger partial charge in [0.15, 0.2) is 10.7 Å². The molecule has 0 bridgehead atoms. The number of anilines is 1. The predicted octanol–water partition coefficient (Wildman–Crippen LogP) is 3.43. The second-order valence-electron chi connectivity index (χ2n) is 5.47. The zero-order chi connectivity index (χ0) is 17.2. The molecular formula is C18H13N3O3S. The van der Waals surface area contributed by atoms with Crippen LogP contribution < -0.4 is 11.1 Å². The second-order valence-corrected chi connectivity index (χ2v) is 6.33. The number of hydrogen-bond donors (Lipinski definition) is 2. The van der Waals surface area contributed by atoms with Gasteiger partial charge in [0, 0.05) is 10.9 Å². The molecule has 0 saturated heterocycles. The average Bonchev–Trinajstić information content (AvgIpc) is 3.20. The summed E-state index contributed by atoms with van der Waals surface area (Å²) >= 11 is 1.35.